The van der Waals surface area contributed by atoms with E-state index in [0.29, 0.717) is 11.5 Å². The van der Waals surface area contributed by atoms with Crippen LogP contribution in [0.25, 0.3) is 0 Å². The van der Waals surface area contributed by atoms with Gasteiger partial charge in [0.25, 0.3) is 10.0 Å². The number of sulfonamides is 1. The standard InChI is InChI=1S/C20H16FNO5S/c1-22(28(25,26)15-11-12-17(21)16(13-15)20(23)24)18-9-5-6-10-19(18)27-14-7-3-2-4-8-14/h2-13H,1H3,(H,23,24). The lowest BCUT2D eigenvalue weighted by Gasteiger charge is -2.22. The van der Waals surface area contributed by atoms with Gasteiger partial charge in [-0.25, -0.2) is 17.6 Å². The van der Waals surface area contributed by atoms with Gasteiger partial charge in [-0.2, -0.15) is 0 Å². The van der Waals surface area contributed by atoms with Crippen molar-refractivity contribution in [2.24, 2.45) is 0 Å². The van der Waals surface area contributed by atoms with Gasteiger partial charge in [0.1, 0.15) is 11.6 Å². The second kappa shape index (κ2) is 7.69. The molecule has 0 aliphatic carbocycles. The molecule has 3 aromatic rings. The maximum Gasteiger partial charge on any atom is 0.338 e. The van der Waals surface area contributed by atoms with E-state index in [4.69, 9.17) is 9.84 Å². The van der Waals surface area contributed by atoms with Crippen molar-refractivity contribution in [3.8, 4) is 11.5 Å². The molecule has 0 atom stereocenters. The van der Waals surface area contributed by atoms with Crippen LogP contribution in [0.15, 0.2) is 77.7 Å². The van der Waals surface area contributed by atoms with Gasteiger partial charge in [0.2, 0.25) is 0 Å². The molecule has 0 aliphatic heterocycles. The molecule has 0 unspecified atom stereocenters. The van der Waals surface area contributed by atoms with E-state index >= 15 is 0 Å². The number of carbonyl (C=O) groups is 1. The lowest BCUT2D eigenvalue weighted by atomic mass is 10.2. The topological polar surface area (TPSA) is 83.9 Å². The van der Waals surface area contributed by atoms with Crippen molar-refractivity contribution in [1.82, 2.24) is 0 Å². The number of hydrogen-bond donors (Lipinski definition) is 1. The maximum absolute atomic E-state index is 13.6. The van der Waals surface area contributed by atoms with E-state index in [1.165, 1.54) is 7.05 Å². The third kappa shape index (κ3) is 3.81. The fraction of sp³-hybridized carbons (Fsp3) is 0.0500. The number of carboxylic acids is 1. The molecule has 3 rings (SSSR count). The first kappa shape index (κ1) is 19.4. The van der Waals surface area contributed by atoms with Gasteiger partial charge in [0.15, 0.2) is 5.75 Å². The number of rotatable bonds is 6. The molecule has 6 nitrogen and oxygen atoms in total. The van der Waals surface area contributed by atoms with Crippen LogP contribution in [0.4, 0.5) is 10.1 Å². The minimum atomic E-state index is -4.16. The summed E-state index contributed by atoms with van der Waals surface area (Å²) in [7, 11) is -2.84. The Hall–Kier alpha value is -3.39. The van der Waals surface area contributed by atoms with E-state index in [2.05, 4.69) is 0 Å². The molecule has 144 valence electrons. The molecule has 3 aromatic carbocycles. The van der Waals surface area contributed by atoms with Crippen LogP contribution < -0.4 is 9.04 Å². The number of carboxylic acid groups (broad SMARTS) is 1. The second-order valence-electron chi connectivity index (χ2n) is 5.80. The number of benzene rings is 3. The Bertz CT molecular complexity index is 1120. The smallest absolute Gasteiger partial charge is 0.338 e. The summed E-state index contributed by atoms with van der Waals surface area (Å²) in [5.41, 5.74) is -0.476. The lowest BCUT2D eigenvalue weighted by molar-refractivity contribution is 0.0691. The number of ether oxygens (including phenoxy) is 1. The van der Waals surface area contributed by atoms with E-state index in [1.54, 1.807) is 48.5 Å². The van der Waals surface area contributed by atoms with Gasteiger partial charge in [-0.3, -0.25) is 4.31 Å². The molecule has 0 bridgehead atoms. The van der Waals surface area contributed by atoms with Gasteiger partial charge in [0.05, 0.1) is 16.1 Å². The summed E-state index contributed by atoms with van der Waals surface area (Å²) in [5.74, 6) is -1.75. The summed E-state index contributed by atoms with van der Waals surface area (Å²) >= 11 is 0. The zero-order chi connectivity index (χ0) is 20.3. The zero-order valence-corrected chi connectivity index (χ0v) is 15.6. The number of hydrogen-bond acceptors (Lipinski definition) is 4. The van der Waals surface area contributed by atoms with Crippen molar-refractivity contribution >= 4 is 21.7 Å². The Kier molecular flexibility index (Phi) is 5.32. The maximum atomic E-state index is 13.6. The third-order valence-electron chi connectivity index (χ3n) is 4.00. The van der Waals surface area contributed by atoms with Crippen LogP contribution in [-0.4, -0.2) is 26.5 Å². The first-order valence-corrected chi connectivity index (χ1v) is 9.58. The molecule has 0 amide bonds. The molecule has 0 spiro atoms. The van der Waals surface area contributed by atoms with Crippen LogP contribution in [0.2, 0.25) is 0 Å². The largest absolute Gasteiger partial charge is 0.478 e. The number of anilines is 1. The average Bonchev–Trinajstić information content (AvgIpc) is 2.68. The van der Waals surface area contributed by atoms with Gasteiger partial charge in [-0.1, -0.05) is 30.3 Å². The number of para-hydroxylation sites is 3. The minimum Gasteiger partial charge on any atom is -0.478 e. The van der Waals surface area contributed by atoms with Crippen molar-refractivity contribution in [2.75, 3.05) is 11.4 Å². The van der Waals surface area contributed by atoms with Crippen LogP contribution in [0, 0.1) is 5.82 Å². The van der Waals surface area contributed by atoms with Crippen molar-refractivity contribution < 1.29 is 27.4 Å². The number of nitrogens with zero attached hydrogens (tertiary/aromatic N) is 1. The van der Waals surface area contributed by atoms with Crippen LogP contribution in [-0.2, 0) is 10.0 Å². The highest BCUT2D eigenvalue weighted by atomic mass is 32.2. The van der Waals surface area contributed by atoms with Gasteiger partial charge in [0, 0.05) is 7.05 Å². The highest BCUT2D eigenvalue weighted by Gasteiger charge is 2.26. The van der Waals surface area contributed by atoms with Crippen LogP contribution in [0.5, 0.6) is 11.5 Å². The van der Waals surface area contributed by atoms with Crippen molar-refractivity contribution in [3.05, 3.63) is 84.2 Å². The molecule has 8 heteroatoms. The Morgan fingerprint density at radius 1 is 1.00 bits per heavy atom. The predicted molar refractivity (Wildman–Crippen MR) is 102 cm³/mol. The van der Waals surface area contributed by atoms with Crippen LogP contribution >= 0.6 is 0 Å². The summed E-state index contributed by atoms with van der Waals surface area (Å²) in [4.78, 5) is 10.8. The Labute approximate surface area is 161 Å². The summed E-state index contributed by atoms with van der Waals surface area (Å²) in [6.45, 7) is 0. The van der Waals surface area contributed by atoms with Gasteiger partial charge in [-0.15, -0.1) is 0 Å². The van der Waals surface area contributed by atoms with Gasteiger partial charge >= 0.3 is 5.97 Å². The molecule has 0 radical (unpaired) electrons. The molecule has 0 saturated heterocycles. The normalized spacial score (nSPS) is 11.1. The molecule has 0 aliphatic rings. The molecule has 28 heavy (non-hydrogen) atoms. The number of halogens is 1. The molecule has 0 heterocycles. The first-order valence-electron chi connectivity index (χ1n) is 8.14. The third-order valence-corrected chi connectivity index (χ3v) is 5.77. The van der Waals surface area contributed by atoms with Gasteiger partial charge < -0.3 is 9.84 Å². The highest BCUT2D eigenvalue weighted by Crippen LogP contribution is 2.34. The monoisotopic (exact) mass is 401 g/mol. The summed E-state index contributed by atoms with van der Waals surface area (Å²) in [6.07, 6.45) is 0. The van der Waals surface area contributed by atoms with E-state index in [1.807, 2.05) is 6.07 Å². The molecule has 0 aromatic heterocycles. The quantitative estimate of drug-likeness (QED) is 0.671. The number of aromatic carboxylic acids is 1. The predicted octanol–water partition coefficient (Wildman–Crippen LogP) is 4.14. The fourth-order valence-electron chi connectivity index (χ4n) is 2.54. The zero-order valence-electron chi connectivity index (χ0n) is 14.7. The van der Waals surface area contributed by atoms with Crippen LogP contribution in [0.1, 0.15) is 10.4 Å². The lowest BCUT2D eigenvalue weighted by Crippen LogP contribution is -2.27. The van der Waals surface area contributed by atoms with Crippen LogP contribution in [0.3, 0.4) is 0 Å². The summed E-state index contributed by atoms with van der Waals surface area (Å²) < 4.78 is 46.3. The first-order chi connectivity index (χ1) is 13.3. The van der Waals surface area contributed by atoms with Crippen molar-refractivity contribution in [2.45, 2.75) is 4.90 Å². The Balaban J connectivity index is 2.01. The Morgan fingerprint density at radius 2 is 1.64 bits per heavy atom. The minimum absolute atomic E-state index is 0.243. The highest BCUT2D eigenvalue weighted by molar-refractivity contribution is 7.92. The Morgan fingerprint density at radius 3 is 2.32 bits per heavy atom. The molecule has 1 N–H and O–H groups in total. The molecular formula is C20H16FNO5S. The van der Waals surface area contributed by atoms with E-state index in [0.717, 1.165) is 22.5 Å². The molecular weight excluding hydrogens is 385 g/mol. The summed E-state index contributed by atoms with van der Waals surface area (Å²) in [6, 6.07) is 18.0. The van der Waals surface area contributed by atoms with Crippen molar-refractivity contribution in [1.29, 1.82) is 0 Å². The average molecular weight is 401 g/mol. The van der Waals surface area contributed by atoms with Crippen molar-refractivity contribution in [3.63, 3.8) is 0 Å². The van der Waals surface area contributed by atoms with Gasteiger partial charge in [-0.05, 0) is 42.5 Å². The molecule has 0 saturated carbocycles. The fourth-order valence-corrected chi connectivity index (χ4v) is 3.77. The second-order valence-corrected chi connectivity index (χ2v) is 7.77. The summed E-state index contributed by atoms with van der Waals surface area (Å²) in [5, 5.41) is 9.05. The SMILES string of the molecule is CN(c1ccccc1Oc1ccccc1)S(=O)(=O)c1ccc(F)c(C(=O)O)c1. The van der Waals surface area contributed by atoms with E-state index in [9.17, 15) is 17.6 Å². The van der Waals surface area contributed by atoms with E-state index in [-0.39, 0.29) is 10.6 Å². The van der Waals surface area contributed by atoms with E-state index < -0.39 is 27.4 Å². The molecule has 0 fully saturated rings.